The number of phenols is 1. The van der Waals surface area contributed by atoms with Crippen LogP contribution in [-0.4, -0.2) is 11.0 Å². The molecule has 2 N–H and O–H groups in total. The van der Waals surface area contributed by atoms with Gasteiger partial charge >= 0.3 is 0 Å². The Morgan fingerprint density at radius 1 is 1.29 bits per heavy atom. The normalized spacial score (nSPS) is 12.0. The lowest BCUT2D eigenvalue weighted by molar-refractivity contribution is 0.0939. The Kier molecular flexibility index (Phi) is 4.48. The van der Waals surface area contributed by atoms with Gasteiger partial charge in [0.1, 0.15) is 11.6 Å². The van der Waals surface area contributed by atoms with E-state index >= 15 is 0 Å². The molecular formula is C16H15ClFNO2. The van der Waals surface area contributed by atoms with Crippen molar-refractivity contribution < 1.29 is 14.3 Å². The van der Waals surface area contributed by atoms with Crippen molar-refractivity contribution in [3.8, 4) is 5.75 Å². The highest BCUT2D eigenvalue weighted by Gasteiger charge is 2.15. The maximum Gasteiger partial charge on any atom is 0.253 e. The number of hydrogen-bond donors (Lipinski definition) is 2. The lowest BCUT2D eigenvalue weighted by atomic mass is 10.1. The molecule has 0 aliphatic heterocycles. The minimum atomic E-state index is -0.426. The van der Waals surface area contributed by atoms with Crippen molar-refractivity contribution >= 4 is 17.5 Å². The molecule has 0 aliphatic rings. The Labute approximate surface area is 127 Å². The number of carbonyl (C=O) groups is 1. The van der Waals surface area contributed by atoms with E-state index in [1.54, 1.807) is 26.0 Å². The van der Waals surface area contributed by atoms with E-state index in [2.05, 4.69) is 5.32 Å². The van der Waals surface area contributed by atoms with E-state index in [1.807, 2.05) is 0 Å². The van der Waals surface area contributed by atoms with E-state index < -0.39 is 5.91 Å². The van der Waals surface area contributed by atoms with Crippen LogP contribution >= 0.6 is 11.6 Å². The van der Waals surface area contributed by atoms with Gasteiger partial charge in [-0.15, -0.1) is 0 Å². The quantitative estimate of drug-likeness (QED) is 0.901. The third kappa shape index (κ3) is 3.52. The van der Waals surface area contributed by atoms with Gasteiger partial charge in [0.2, 0.25) is 0 Å². The summed E-state index contributed by atoms with van der Waals surface area (Å²) in [4.78, 5) is 12.2. The van der Waals surface area contributed by atoms with Crippen LogP contribution in [0.25, 0.3) is 0 Å². The Hall–Kier alpha value is -2.07. The summed E-state index contributed by atoms with van der Waals surface area (Å²) in [5, 5.41) is 12.4. The van der Waals surface area contributed by atoms with Gasteiger partial charge in [-0.2, -0.15) is 0 Å². The molecule has 2 aromatic rings. The molecule has 2 rings (SSSR count). The van der Waals surface area contributed by atoms with Crippen LogP contribution in [0.5, 0.6) is 5.75 Å². The Bertz CT molecular complexity index is 688. The predicted molar refractivity (Wildman–Crippen MR) is 80.1 cm³/mol. The lowest BCUT2D eigenvalue weighted by Crippen LogP contribution is -2.27. The van der Waals surface area contributed by atoms with Crippen LogP contribution in [0.2, 0.25) is 5.02 Å². The average molecular weight is 308 g/mol. The molecule has 0 saturated carbocycles. The van der Waals surface area contributed by atoms with Crippen LogP contribution in [0.3, 0.4) is 0 Å². The smallest absolute Gasteiger partial charge is 0.253 e. The number of hydrogen-bond acceptors (Lipinski definition) is 2. The molecule has 1 unspecified atom stereocenters. The van der Waals surface area contributed by atoms with Gasteiger partial charge in [-0.1, -0.05) is 23.7 Å². The Morgan fingerprint density at radius 2 is 2.00 bits per heavy atom. The van der Waals surface area contributed by atoms with Crippen molar-refractivity contribution in [2.24, 2.45) is 0 Å². The summed E-state index contributed by atoms with van der Waals surface area (Å²) < 4.78 is 13.6. The minimum Gasteiger partial charge on any atom is -0.508 e. The molecule has 0 bridgehead atoms. The van der Waals surface area contributed by atoms with E-state index in [4.69, 9.17) is 11.6 Å². The molecule has 1 atom stereocenters. The molecule has 0 radical (unpaired) electrons. The number of aromatic hydroxyl groups is 1. The zero-order valence-corrected chi connectivity index (χ0v) is 12.4. The van der Waals surface area contributed by atoms with Gasteiger partial charge in [0.25, 0.3) is 5.91 Å². The van der Waals surface area contributed by atoms with Crippen LogP contribution in [-0.2, 0) is 0 Å². The van der Waals surface area contributed by atoms with Crippen LogP contribution in [0.4, 0.5) is 4.39 Å². The SMILES string of the molecule is Cc1ccc(C(C)NC(=O)c2cc(O)ccc2Cl)cc1F. The fourth-order valence-electron chi connectivity index (χ4n) is 1.92. The van der Waals surface area contributed by atoms with Crippen molar-refractivity contribution in [2.75, 3.05) is 0 Å². The van der Waals surface area contributed by atoms with Crippen molar-refractivity contribution in [3.05, 3.63) is 63.9 Å². The summed E-state index contributed by atoms with van der Waals surface area (Å²) in [6, 6.07) is 8.57. The Balaban J connectivity index is 2.18. The number of phenolic OH excluding ortho intramolecular Hbond substituents is 1. The van der Waals surface area contributed by atoms with E-state index in [1.165, 1.54) is 24.3 Å². The maximum atomic E-state index is 13.6. The highest BCUT2D eigenvalue weighted by atomic mass is 35.5. The third-order valence-electron chi connectivity index (χ3n) is 3.24. The average Bonchev–Trinajstić information content (AvgIpc) is 2.44. The number of amides is 1. The summed E-state index contributed by atoms with van der Waals surface area (Å²) in [6.07, 6.45) is 0. The first kappa shape index (κ1) is 15.3. The van der Waals surface area contributed by atoms with E-state index in [9.17, 15) is 14.3 Å². The van der Waals surface area contributed by atoms with E-state index in [-0.39, 0.29) is 28.2 Å². The second-order valence-electron chi connectivity index (χ2n) is 4.87. The molecular weight excluding hydrogens is 293 g/mol. The highest BCUT2D eigenvalue weighted by Crippen LogP contribution is 2.22. The second kappa shape index (κ2) is 6.14. The van der Waals surface area contributed by atoms with Crippen LogP contribution in [0.1, 0.15) is 34.5 Å². The summed E-state index contributed by atoms with van der Waals surface area (Å²) in [7, 11) is 0. The van der Waals surface area contributed by atoms with Gasteiger partial charge in [-0.3, -0.25) is 4.79 Å². The van der Waals surface area contributed by atoms with Gasteiger partial charge in [0.15, 0.2) is 0 Å². The topological polar surface area (TPSA) is 49.3 Å². The van der Waals surface area contributed by atoms with Gasteiger partial charge in [0, 0.05) is 0 Å². The molecule has 110 valence electrons. The number of halogens is 2. The molecule has 5 heteroatoms. The molecule has 1 amide bonds. The first-order valence-electron chi connectivity index (χ1n) is 6.44. The second-order valence-corrected chi connectivity index (χ2v) is 5.28. The summed E-state index contributed by atoms with van der Waals surface area (Å²) in [6.45, 7) is 3.42. The number of carbonyl (C=O) groups excluding carboxylic acids is 1. The zero-order chi connectivity index (χ0) is 15.6. The van der Waals surface area contributed by atoms with Crippen molar-refractivity contribution in [1.29, 1.82) is 0 Å². The van der Waals surface area contributed by atoms with Gasteiger partial charge in [-0.05, 0) is 49.2 Å². The maximum absolute atomic E-state index is 13.6. The number of benzene rings is 2. The van der Waals surface area contributed by atoms with E-state index in [0.29, 0.717) is 11.1 Å². The molecule has 0 aromatic heterocycles. The number of rotatable bonds is 3. The molecule has 0 spiro atoms. The molecule has 0 aliphatic carbocycles. The van der Waals surface area contributed by atoms with Crippen LogP contribution in [0, 0.1) is 12.7 Å². The zero-order valence-electron chi connectivity index (χ0n) is 11.7. The Morgan fingerprint density at radius 3 is 2.67 bits per heavy atom. The van der Waals surface area contributed by atoms with E-state index in [0.717, 1.165) is 0 Å². The summed E-state index contributed by atoms with van der Waals surface area (Å²) >= 11 is 5.93. The molecule has 3 nitrogen and oxygen atoms in total. The third-order valence-corrected chi connectivity index (χ3v) is 3.57. The minimum absolute atomic E-state index is 0.0430. The highest BCUT2D eigenvalue weighted by molar-refractivity contribution is 6.33. The number of aryl methyl sites for hydroxylation is 1. The fraction of sp³-hybridized carbons (Fsp3) is 0.188. The van der Waals surface area contributed by atoms with Gasteiger partial charge in [-0.25, -0.2) is 4.39 Å². The molecule has 21 heavy (non-hydrogen) atoms. The predicted octanol–water partition coefficient (Wildman–Crippen LogP) is 3.98. The monoisotopic (exact) mass is 307 g/mol. The number of nitrogens with one attached hydrogen (secondary N) is 1. The summed E-state index contributed by atoms with van der Waals surface area (Å²) in [5.41, 5.74) is 1.38. The summed E-state index contributed by atoms with van der Waals surface area (Å²) in [5.74, 6) is -0.785. The van der Waals surface area contributed by atoms with Crippen molar-refractivity contribution in [1.82, 2.24) is 5.32 Å². The molecule has 0 fully saturated rings. The largest absolute Gasteiger partial charge is 0.508 e. The first-order valence-corrected chi connectivity index (χ1v) is 6.81. The van der Waals surface area contributed by atoms with Gasteiger partial charge in [0.05, 0.1) is 16.6 Å². The molecule has 2 aromatic carbocycles. The van der Waals surface area contributed by atoms with Crippen LogP contribution in [0.15, 0.2) is 36.4 Å². The van der Waals surface area contributed by atoms with Crippen molar-refractivity contribution in [2.45, 2.75) is 19.9 Å². The molecule has 0 saturated heterocycles. The molecule has 0 heterocycles. The van der Waals surface area contributed by atoms with Crippen LogP contribution < -0.4 is 5.32 Å². The lowest BCUT2D eigenvalue weighted by Gasteiger charge is -2.15. The fourth-order valence-corrected chi connectivity index (χ4v) is 2.13. The van der Waals surface area contributed by atoms with Crippen molar-refractivity contribution in [3.63, 3.8) is 0 Å². The van der Waals surface area contributed by atoms with Gasteiger partial charge < -0.3 is 10.4 Å². The standard InChI is InChI=1S/C16H15ClFNO2/c1-9-3-4-11(7-15(9)18)10(2)19-16(21)13-8-12(20)5-6-14(13)17/h3-8,10,20H,1-2H3,(H,19,21). The first-order chi connectivity index (χ1) is 9.88.